The van der Waals surface area contributed by atoms with Gasteiger partial charge in [0.05, 0.1) is 12.2 Å². The molecule has 3 aromatic rings. The second-order valence-corrected chi connectivity index (χ2v) is 5.47. The van der Waals surface area contributed by atoms with Gasteiger partial charge in [0, 0.05) is 11.5 Å². The first kappa shape index (κ1) is 18.1. The van der Waals surface area contributed by atoms with Crippen molar-refractivity contribution in [1.82, 2.24) is 10.9 Å². The number of fused-ring (bicyclic) bond motifs is 1. The van der Waals surface area contributed by atoms with Gasteiger partial charge in [-0.15, -0.1) is 0 Å². The summed E-state index contributed by atoms with van der Waals surface area (Å²) in [7, 11) is 0. The van der Waals surface area contributed by atoms with Crippen molar-refractivity contribution in [3.63, 3.8) is 0 Å². The van der Waals surface area contributed by atoms with Crippen molar-refractivity contribution in [2.24, 2.45) is 0 Å². The lowest BCUT2D eigenvalue weighted by Gasteiger charge is -2.08. The van der Waals surface area contributed by atoms with Crippen molar-refractivity contribution in [2.45, 2.75) is 6.92 Å². The molecule has 0 unspecified atom stereocenters. The molecule has 3 rings (SSSR count). The molecule has 1 aromatic heterocycles. The van der Waals surface area contributed by atoms with Gasteiger partial charge in [0.15, 0.2) is 0 Å². The Balaban J connectivity index is 1.78. The summed E-state index contributed by atoms with van der Waals surface area (Å²) in [6, 6.07) is 11.5. The normalized spacial score (nSPS) is 10.4. The molecule has 0 aliphatic heterocycles. The first-order valence-corrected chi connectivity index (χ1v) is 8.05. The molecule has 0 bridgehead atoms. The maximum absolute atomic E-state index is 13.6. The molecule has 0 aliphatic rings. The van der Waals surface area contributed by atoms with Gasteiger partial charge in [-0.3, -0.25) is 20.4 Å². The molecule has 7 nitrogen and oxygen atoms in total. The molecule has 2 amide bonds. The van der Waals surface area contributed by atoms with E-state index in [1.807, 2.05) is 6.92 Å². The van der Waals surface area contributed by atoms with Crippen LogP contribution in [0.1, 0.15) is 27.6 Å². The predicted octanol–water partition coefficient (Wildman–Crippen LogP) is 2.41. The molecule has 27 heavy (non-hydrogen) atoms. The minimum Gasteiger partial charge on any atom is -0.494 e. The number of carbonyl (C=O) groups is 2. The highest BCUT2D eigenvalue weighted by molar-refractivity contribution is 6.00. The fourth-order valence-corrected chi connectivity index (χ4v) is 2.40. The van der Waals surface area contributed by atoms with Crippen LogP contribution in [0.4, 0.5) is 4.39 Å². The second-order valence-electron chi connectivity index (χ2n) is 5.47. The maximum atomic E-state index is 13.6. The maximum Gasteiger partial charge on any atom is 0.349 e. The van der Waals surface area contributed by atoms with Crippen LogP contribution in [0.3, 0.4) is 0 Å². The zero-order chi connectivity index (χ0) is 19.4. The van der Waals surface area contributed by atoms with Gasteiger partial charge in [-0.25, -0.2) is 9.18 Å². The first-order valence-electron chi connectivity index (χ1n) is 8.05. The molecule has 0 spiro atoms. The van der Waals surface area contributed by atoms with Gasteiger partial charge in [-0.2, -0.15) is 0 Å². The zero-order valence-electron chi connectivity index (χ0n) is 14.2. The Bertz CT molecular complexity index is 1080. The number of carbonyl (C=O) groups excluding carboxylic acids is 2. The molecule has 0 saturated carbocycles. The van der Waals surface area contributed by atoms with E-state index in [2.05, 4.69) is 10.9 Å². The van der Waals surface area contributed by atoms with Crippen molar-refractivity contribution in [2.75, 3.05) is 6.61 Å². The van der Waals surface area contributed by atoms with Crippen LogP contribution in [-0.4, -0.2) is 18.4 Å². The molecule has 0 saturated heterocycles. The summed E-state index contributed by atoms with van der Waals surface area (Å²) in [6.45, 7) is 2.28. The predicted molar refractivity (Wildman–Crippen MR) is 95.0 cm³/mol. The highest BCUT2D eigenvalue weighted by Gasteiger charge is 2.16. The van der Waals surface area contributed by atoms with E-state index in [1.54, 1.807) is 18.2 Å². The van der Waals surface area contributed by atoms with Crippen LogP contribution in [0.5, 0.6) is 5.75 Å². The highest BCUT2D eigenvalue weighted by Crippen LogP contribution is 2.20. The van der Waals surface area contributed by atoms with Crippen LogP contribution in [0.2, 0.25) is 0 Å². The number of rotatable bonds is 4. The van der Waals surface area contributed by atoms with Crippen molar-refractivity contribution in [3.05, 3.63) is 75.9 Å². The quantitative estimate of drug-likeness (QED) is 0.543. The fourth-order valence-electron chi connectivity index (χ4n) is 2.40. The molecule has 0 atom stereocenters. The summed E-state index contributed by atoms with van der Waals surface area (Å²) < 4.78 is 24.0. The molecular weight excluding hydrogens is 355 g/mol. The van der Waals surface area contributed by atoms with Crippen molar-refractivity contribution < 1.29 is 23.1 Å². The van der Waals surface area contributed by atoms with E-state index in [0.717, 1.165) is 6.07 Å². The van der Waals surface area contributed by atoms with Gasteiger partial charge in [-0.05, 0) is 37.3 Å². The Morgan fingerprint density at radius 1 is 1.04 bits per heavy atom. The summed E-state index contributed by atoms with van der Waals surface area (Å²) in [4.78, 5) is 36.2. The number of halogens is 1. The van der Waals surface area contributed by atoms with Crippen LogP contribution in [0.25, 0.3) is 11.0 Å². The van der Waals surface area contributed by atoms with Gasteiger partial charge in [0.1, 0.15) is 22.7 Å². The topological polar surface area (TPSA) is 97.6 Å². The van der Waals surface area contributed by atoms with E-state index in [0.29, 0.717) is 17.7 Å². The third kappa shape index (κ3) is 3.95. The number of hydrazine groups is 1. The summed E-state index contributed by atoms with van der Waals surface area (Å²) in [5.41, 5.74) is 2.96. The number of nitrogens with one attached hydrogen (secondary N) is 2. The van der Waals surface area contributed by atoms with Gasteiger partial charge >= 0.3 is 5.63 Å². The van der Waals surface area contributed by atoms with E-state index >= 15 is 0 Å². The number of amides is 2. The van der Waals surface area contributed by atoms with Gasteiger partial charge in [0.25, 0.3) is 11.8 Å². The average Bonchev–Trinajstić information content (AvgIpc) is 2.66. The van der Waals surface area contributed by atoms with Gasteiger partial charge in [-0.1, -0.05) is 12.1 Å². The molecule has 2 aromatic carbocycles. The van der Waals surface area contributed by atoms with E-state index in [9.17, 15) is 18.8 Å². The van der Waals surface area contributed by atoms with Crippen molar-refractivity contribution in [1.29, 1.82) is 0 Å². The minimum atomic E-state index is -0.885. The van der Waals surface area contributed by atoms with Crippen LogP contribution in [-0.2, 0) is 0 Å². The number of ether oxygens (including phenoxy) is 1. The Kier molecular flexibility index (Phi) is 5.16. The number of hydrogen-bond donors (Lipinski definition) is 2. The third-order valence-corrected chi connectivity index (χ3v) is 3.67. The number of hydrogen-bond acceptors (Lipinski definition) is 5. The Morgan fingerprint density at radius 3 is 2.44 bits per heavy atom. The molecular formula is C19H15FN2O5. The van der Waals surface area contributed by atoms with Crippen LogP contribution >= 0.6 is 0 Å². The van der Waals surface area contributed by atoms with Crippen LogP contribution in [0.15, 0.2) is 57.7 Å². The molecule has 0 radical (unpaired) electrons. The summed E-state index contributed by atoms with van der Waals surface area (Å²) >= 11 is 0. The van der Waals surface area contributed by atoms with E-state index in [-0.39, 0.29) is 16.7 Å². The molecule has 1 heterocycles. The molecule has 2 N–H and O–H groups in total. The average molecular weight is 370 g/mol. The van der Waals surface area contributed by atoms with E-state index < -0.39 is 23.3 Å². The zero-order valence-corrected chi connectivity index (χ0v) is 14.2. The Labute approximate surface area is 152 Å². The molecule has 0 fully saturated rings. The van der Waals surface area contributed by atoms with Crippen molar-refractivity contribution in [3.8, 4) is 5.75 Å². The Hall–Kier alpha value is -3.68. The lowest BCUT2D eigenvalue weighted by Crippen LogP contribution is -2.43. The highest BCUT2D eigenvalue weighted by atomic mass is 19.1. The summed E-state index contributed by atoms with van der Waals surface area (Å²) in [6.07, 6.45) is 0. The van der Waals surface area contributed by atoms with E-state index in [4.69, 9.17) is 9.15 Å². The fraction of sp³-hybridized carbons (Fsp3) is 0.105. The minimum absolute atomic E-state index is 0.244. The molecule has 0 aliphatic carbocycles. The first-order chi connectivity index (χ1) is 13.0. The smallest absolute Gasteiger partial charge is 0.349 e. The van der Waals surface area contributed by atoms with Gasteiger partial charge < -0.3 is 9.15 Å². The summed E-state index contributed by atoms with van der Waals surface area (Å²) in [5.74, 6) is -1.95. The van der Waals surface area contributed by atoms with E-state index in [1.165, 1.54) is 24.3 Å². The Morgan fingerprint density at radius 2 is 1.74 bits per heavy atom. The van der Waals surface area contributed by atoms with Crippen LogP contribution < -0.4 is 21.2 Å². The lowest BCUT2D eigenvalue weighted by atomic mass is 10.1. The SMILES string of the molecule is CCOc1ccc2cc(C(=O)NNC(=O)c3ccccc3F)c(=O)oc2c1. The van der Waals surface area contributed by atoms with Crippen LogP contribution in [0, 0.1) is 5.82 Å². The largest absolute Gasteiger partial charge is 0.494 e. The monoisotopic (exact) mass is 370 g/mol. The molecule has 138 valence electrons. The van der Waals surface area contributed by atoms with Gasteiger partial charge in [0.2, 0.25) is 0 Å². The standard InChI is InChI=1S/C19H15FN2O5/c1-2-26-12-8-7-11-9-14(19(25)27-16(11)10-12)18(24)22-21-17(23)13-5-3-4-6-15(13)20/h3-10H,2H2,1H3,(H,21,23)(H,22,24). The third-order valence-electron chi connectivity index (χ3n) is 3.67. The summed E-state index contributed by atoms with van der Waals surface area (Å²) in [5, 5.41) is 0.503. The lowest BCUT2D eigenvalue weighted by molar-refractivity contribution is 0.0842. The number of benzene rings is 2. The molecule has 8 heteroatoms. The second kappa shape index (κ2) is 7.69. The van der Waals surface area contributed by atoms with Crippen molar-refractivity contribution >= 4 is 22.8 Å².